The number of nitrogens with zero attached hydrogens (tertiary/aromatic N) is 1. The second-order valence-corrected chi connectivity index (χ2v) is 4.97. The van der Waals surface area contributed by atoms with Gasteiger partial charge in [-0.3, -0.25) is 4.90 Å². The van der Waals surface area contributed by atoms with Gasteiger partial charge in [0.1, 0.15) is 11.5 Å². The van der Waals surface area contributed by atoms with Crippen molar-refractivity contribution in [2.24, 2.45) is 0 Å². The maximum Gasteiger partial charge on any atom is 0.122 e. The number of methoxy groups -OCH3 is 1. The van der Waals surface area contributed by atoms with Gasteiger partial charge >= 0.3 is 0 Å². The molecule has 0 aliphatic rings. The maximum absolute atomic E-state index is 5.49. The van der Waals surface area contributed by atoms with Crippen molar-refractivity contribution < 1.29 is 9.15 Å². The highest BCUT2D eigenvalue weighted by molar-refractivity contribution is 5.27. The summed E-state index contributed by atoms with van der Waals surface area (Å²) in [6, 6.07) is 12.3. The van der Waals surface area contributed by atoms with E-state index in [9.17, 15) is 0 Å². The first-order valence-electron chi connectivity index (χ1n) is 6.74. The van der Waals surface area contributed by atoms with Crippen LogP contribution in [0.25, 0.3) is 0 Å². The molecule has 4 heteroatoms. The van der Waals surface area contributed by atoms with Crippen LogP contribution in [0.2, 0.25) is 0 Å². The van der Waals surface area contributed by atoms with Gasteiger partial charge in [-0.2, -0.15) is 0 Å². The molecule has 2 aromatic rings. The Bertz CT molecular complexity index is 492. The van der Waals surface area contributed by atoms with Crippen LogP contribution in [0.5, 0.6) is 5.75 Å². The van der Waals surface area contributed by atoms with Gasteiger partial charge in [-0.05, 0) is 43.9 Å². The van der Waals surface area contributed by atoms with Crippen LogP contribution in [0.1, 0.15) is 17.4 Å². The molecule has 0 bridgehead atoms. The lowest BCUT2D eigenvalue weighted by atomic mass is 10.2. The monoisotopic (exact) mass is 274 g/mol. The summed E-state index contributed by atoms with van der Waals surface area (Å²) in [5.41, 5.74) is 1.24. The van der Waals surface area contributed by atoms with Crippen molar-refractivity contribution in [3.63, 3.8) is 0 Å². The third kappa shape index (κ3) is 3.85. The molecule has 0 aliphatic carbocycles. The van der Waals surface area contributed by atoms with E-state index in [1.165, 1.54) is 5.56 Å². The average Bonchev–Trinajstić information content (AvgIpc) is 2.97. The molecule has 0 fully saturated rings. The molecule has 1 N–H and O–H groups in total. The average molecular weight is 274 g/mol. The van der Waals surface area contributed by atoms with Gasteiger partial charge in [0.05, 0.1) is 19.4 Å². The lowest BCUT2D eigenvalue weighted by molar-refractivity contribution is 0.250. The fourth-order valence-electron chi connectivity index (χ4n) is 2.12. The second kappa shape index (κ2) is 7.12. The Kier molecular flexibility index (Phi) is 5.21. The first kappa shape index (κ1) is 14.6. The van der Waals surface area contributed by atoms with E-state index in [2.05, 4.69) is 36.4 Å². The molecule has 0 radical (unpaired) electrons. The van der Waals surface area contributed by atoms with Crippen molar-refractivity contribution in [3.05, 3.63) is 54.0 Å². The van der Waals surface area contributed by atoms with Crippen molar-refractivity contribution in [2.75, 3.05) is 27.7 Å². The van der Waals surface area contributed by atoms with Crippen LogP contribution in [0.15, 0.2) is 47.1 Å². The van der Waals surface area contributed by atoms with Crippen LogP contribution in [0, 0.1) is 0 Å². The fraction of sp³-hybridized carbons (Fsp3) is 0.375. The second-order valence-electron chi connectivity index (χ2n) is 4.97. The minimum atomic E-state index is 0.239. The van der Waals surface area contributed by atoms with E-state index in [1.807, 2.05) is 24.3 Å². The zero-order valence-electron chi connectivity index (χ0n) is 12.3. The summed E-state index contributed by atoms with van der Waals surface area (Å²) in [6.07, 6.45) is 1.72. The molecule has 1 atom stereocenters. The molecule has 1 heterocycles. The summed E-state index contributed by atoms with van der Waals surface area (Å²) in [5, 5.41) is 3.47. The summed E-state index contributed by atoms with van der Waals surface area (Å²) < 4.78 is 10.6. The van der Waals surface area contributed by atoms with E-state index in [-0.39, 0.29) is 6.04 Å². The van der Waals surface area contributed by atoms with Crippen molar-refractivity contribution in [2.45, 2.75) is 12.6 Å². The zero-order chi connectivity index (χ0) is 14.4. The minimum Gasteiger partial charge on any atom is -0.497 e. The van der Waals surface area contributed by atoms with Crippen LogP contribution in [0.4, 0.5) is 0 Å². The Morgan fingerprint density at radius 1 is 1.20 bits per heavy atom. The number of hydrogen-bond acceptors (Lipinski definition) is 4. The summed E-state index contributed by atoms with van der Waals surface area (Å²) in [5.74, 6) is 1.87. The lowest BCUT2D eigenvalue weighted by Gasteiger charge is -2.22. The van der Waals surface area contributed by atoms with Gasteiger partial charge in [0, 0.05) is 13.1 Å². The van der Waals surface area contributed by atoms with E-state index in [0.717, 1.165) is 24.6 Å². The molecule has 0 aliphatic heterocycles. The Labute approximate surface area is 120 Å². The molecule has 0 spiro atoms. The fourth-order valence-corrected chi connectivity index (χ4v) is 2.12. The molecule has 1 unspecified atom stereocenters. The third-order valence-corrected chi connectivity index (χ3v) is 3.32. The molecule has 108 valence electrons. The van der Waals surface area contributed by atoms with Gasteiger partial charge < -0.3 is 14.5 Å². The Morgan fingerprint density at radius 3 is 2.50 bits per heavy atom. The number of likely N-dealkylation sites (N-methyl/N-ethyl adjacent to an activating group) is 1. The van der Waals surface area contributed by atoms with Gasteiger partial charge in [-0.25, -0.2) is 0 Å². The Balaban J connectivity index is 1.87. The molecular formula is C16H22N2O2. The molecule has 0 saturated heterocycles. The smallest absolute Gasteiger partial charge is 0.122 e. The normalized spacial score (nSPS) is 12.6. The SMILES string of the molecule is COc1ccc(CNCC(c2ccco2)N(C)C)cc1. The highest BCUT2D eigenvalue weighted by Gasteiger charge is 2.15. The number of rotatable bonds is 7. The summed E-state index contributed by atoms with van der Waals surface area (Å²) >= 11 is 0. The molecule has 20 heavy (non-hydrogen) atoms. The Hall–Kier alpha value is -1.78. The van der Waals surface area contributed by atoms with Gasteiger partial charge in [0.25, 0.3) is 0 Å². The molecule has 1 aromatic carbocycles. The predicted molar refractivity (Wildman–Crippen MR) is 79.8 cm³/mol. The van der Waals surface area contributed by atoms with Gasteiger partial charge in [-0.15, -0.1) is 0 Å². The lowest BCUT2D eigenvalue weighted by Crippen LogP contribution is -2.30. The van der Waals surface area contributed by atoms with Crippen LogP contribution < -0.4 is 10.1 Å². The summed E-state index contributed by atoms with van der Waals surface area (Å²) in [4.78, 5) is 2.15. The van der Waals surface area contributed by atoms with E-state index < -0.39 is 0 Å². The molecule has 4 nitrogen and oxygen atoms in total. The van der Waals surface area contributed by atoms with Crippen LogP contribution in [-0.2, 0) is 6.54 Å². The molecular weight excluding hydrogens is 252 g/mol. The highest BCUT2D eigenvalue weighted by atomic mass is 16.5. The van der Waals surface area contributed by atoms with Crippen molar-refractivity contribution in [1.82, 2.24) is 10.2 Å². The minimum absolute atomic E-state index is 0.239. The summed E-state index contributed by atoms with van der Waals surface area (Å²) in [7, 11) is 5.79. The third-order valence-electron chi connectivity index (χ3n) is 3.32. The number of furan rings is 1. The predicted octanol–water partition coefficient (Wildman–Crippen LogP) is 2.68. The van der Waals surface area contributed by atoms with Gasteiger partial charge in [0.2, 0.25) is 0 Å². The maximum atomic E-state index is 5.49. The van der Waals surface area contributed by atoms with E-state index in [4.69, 9.17) is 9.15 Å². The molecule has 0 saturated carbocycles. The highest BCUT2D eigenvalue weighted by Crippen LogP contribution is 2.18. The number of hydrogen-bond donors (Lipinski definition) is 1. The standard InChI is InChI=1S/C16H22N2O2/c1-18(2)15(16-5-4-10-20-16)12-17-11-13-6-8-14(19-3)9-7-13/h4-10,15,17H,11-12H2,1-3H3. The van der Waals surface area contributed by atoms with Crippen LogP contribution >= 0.6 is 0 Å². The van der Waals surface area contributed by atoms with Gasteiger partial charge in [0.15, 0.2) is 0 Å². The van der Waals surface area contributed by atoms with Crippen molar-refractivity contribution >= 4 is 0 Å². The van der Waals surface area contributed by atoms with E-state index >= 15 is 0 Å². The van der Waals surface area contributed by atoms with Crippen LogP contribution in [0.3, 0.4) is 0 Å². The molecule has 2 rings (SSSR count). The van der Waals surface area contributed by atoms with Crippen molar-refractivity contribution in [3.8, 4) is 5.75 Å². The molecule has 0 amide bonds. The topological polar surface area (TPSA) is 37.6 Å². The first-order valence-corrected chi connectivity index (χ1v) is 6.74. The number of benzene rings is 1. The quantitative estimate of drug-likeness (QED) is 0.842. The number of nitrogens with one attached hydrogen (secondary N) is 1. The number of ether oxygens (including phenoxy) is 1. The van der Waals surface area contributed by atoms with E-state index in [1.54, 1.807) is 13.4 Å². The van der Waals surface area contributed by atoms with Crippen LogP contribution in [-0.4, -0.2) is 32.6 Å². The van der Waals surface area contributed by atoms with E-state index in [0.29, 0.717) is 0 Å². The molecule has 1 aromatic heterocycles. The Morgan fingerprint density at radius 2 is 1.95 bits per heavy atom. The zero-order valence-corrected chi connectivity index (χ0v) is 12.3. The van der Waals surface area contributed by atoms with Crippen molar-refractivity contribution in [1.29, 1.82) is 0 Å². The van der Waals surface area contributed by atoms with Gasteiger partial charge in [-0.1, -0.05) is 12.1 Å². The summed E-state index contributed by atoms with van der Waals surface area (Å²) in [6.45, 7) is 1.67. The first-order chi connectivity index (χ1) is 9.70. The largest absolute Gasteiger partial charge is 0.497 e.